The molecule has 1 aromatic carbocycles. The summed E-state index contributed by atoms with van der Waals surface area (Å²) in [6, 6.07) is 8.78. The summed E-state index contributed by atoms with van der Waals surface area (Å²) >= 11 is 13.5. The first-order valence-electron chi connectivity index (χ1n) is 9.32. The van der Waals surface area contributed by atoms with E-state index in [0.717, 1.165) is 16.8 Å². The number of aryl methyl sites for hydroxylation is 1. The highest BCUT2D eigenvalue weighted by Gasteiger charge is 2.15. The third kappa shape index (κ3) is 4.98. The molecule has 32 heavy (non-hydrogen) atoms. The highest BCUT2D eigenvalue weighted by Crippen LogP contribution is 2.23. The lowest BCUT2D eigenvalue weighted by Gasteiger charge is -2.07. The average molecular weight is 491 g/mol. The second-order valence-electron chi connectivity index (χ2n) is 6.99. The molecular formula is C20H16Cl2N6O3S. The smallest absolute Gasteiger partial charge is 0.304 e. The van der Waals surface area contributed by atoms with E-state index < -0.39 is 4.92 Å². The topological polar surface area (TPSA) is 108 Å². The molecule has 0 spiro atoms. The largest absolute Gasteiger partial charge is 0.307 e. The Kier molecular flexibility index (Phi) is 6.26. The SMILES string of the molecule is Cc1cc(NC(=O)c2cc(Cn3cc([N+](=O)[O-])cn3)cs2)nn1Cc1ccc(Cl)cc1Cl. The number of halogens is 2. The molecular weight excluding hydrogens is 475 g/mol. The van der Waals surface area contributed by atoms with Gasteiger partial charge in [-0.15, -0.1) is 11.3 Å². The molecule has 164 valence electrons. The van der Waals surface area contributed by atoms with Gasteiger partial charge in [0.1, 0.15) is 12.4 Å². The van der Waals surface area contributed by atoms with Crippen LogP contribution in [0.15, 0.2) is 48.1 Å². The van der Waals surface area contributed by atoms with Gasteiger partial charge in [0, 0.05) is 21.8 Å². The van der Waals surface area contributed by atoms with Crippen LogP contribution in [0, 0.1) is 17.0 Å². The molecule has 0 saturated carbocycles. The molecule has 0 aliphatic carbocycles. The van der Waals surface area contributed by atoms with Gasteiger partial charge >= 0.3 is 5.69 Å². The van der Waals surface area contributed by atoms with Crippen molar-refractivity contribution in [3.05, 3.63) is 90.0 Å². The Labute approximate surface area is 196 Å². The van der Waals surface area contributed by atoms with Gasteiger partial charge in [0.15, 0.2) is 5.82 Å². The number of aromatic nitrogens is 4. The molecule has 0 aliphatic rings. The second-order valence-corrected chi connectivity index (χ2v) is 8.75. The van der Waals surface area contributed by atoms with Crippen molar-refractivity contribution in [2.75, 3.05) is 5.32 Å². The molecule has 3 heterocycles. The molecule has 4 rings (SSSR count). The van der Waals surface area contributed by atoms with Crippen molar-refractivity contribution in [2.24, 2.45) is 0 Å². The number of hydrogen-bond donors (Lipinski definition) is 1. The number of rotatable bonds is 7. The monoisotopic (exact) mass is 490 g/mol. The normalized spacial score (nSPS) is 11.0. The van der Waals surface area contributed by atoms with Gasteiger partial charge in [-0.2, -0.15) is 10.2 Å². The number of thiophene rings is 1. The zero-order chi connectivity index (χ0) is 22.8. The minimum Gasteiger partial charge on any atom is -0.304 e. The van der Waals surface area contributed by atoms with E-state index in [2.05, 4.69) is 15.5 Å². The number of anilines is 1. The molecule has 0 radical (unpaired) electrons. The third-order valence-corrected chi connectivity index (χ3v) is 6.18. The van der Waals surface area contributed by atoms with Crippen molar-refractivity contribution < 1.29 is 9.72 Å². The van der Waals surface area contributed by atoms with Crippen molar-refractivity contribution in [1.82, 2.24) is 19.6 Å². The first-order chi connectivity index (χ1) is 15.3. The summed E-state index contributed by atoms with van der Waals surface area (Å²) in [4.78, 5) is 23.4. The molecule has 0 aliphatic heterocycles. The first-order valence-corrected chi connectivity index (χ1v) is 11.0. The van der Waals surface area contributed by atoms with Crippen LogP contribution in [-0.4, -0.2) is 30.4 Å². The van der Waals surface area contributed by atoms with Gasteiger partial charge in [0.25, 0.3) is 5.91 Å². The van der Waals surface area contributed by atoms with E-state index in [4.69, 9.17) is 23.2 Å². The Hall–Kier alpha value is -3.21. The number of amides is 1. The zero-order valence-corrected chi connectivity index (χ0v) is 19.0. The van der Waals surface area contributed by atoms with Gasteiger partial charge in [0.2, 0.25) is 0 Å². The van der Waals surface area contributed by atoms with Gasteiger partial charge in [-0.25, -0.2) is 0 Å². The molecule has 3 aromatic heterocycles. The van der Waals surface area contributed by atoms with E-state index >= 15 is 0 Å². The Morgan fingerprint density at radius 2 is 2.06 bits per heavy atom. The minimum absolute atomic E-state index is 0.0796. The number of carbonyl (C=O) groups excluding carboxylic acids is 1. The molecule has 0 unspecified atom stereocenters. The minimum atomic E-state index is -0.502. The maximum atomic E-state index is 12.6. The van der Waals surface area contributed by atoms with Crippen molar-refractivity contribution >= 4 is 52.0 Å². The Bertz CT molecular complexity index is 1310. The van der Waals surface area contributed by atoms with E-state index in [9.17, 15) is 14.9 Å². The maximum Gasteiger partial charge on any atom is 0.307 e. The van der Waals surface area contributed by atoms with Crippen molar-refractivity contribution in [3.63, 3.8) is 0 Å². The van der Waals surface area contributed by atoms with Crippen LogP contribution in [0.4, 0.5) is 11.5 Å². The molecule has 1 N–H and O–H groups in total. The maximum absolute atomic E-state index is 12.6. The van der Waals surface area contributed by atoms with Crippen LogP contribution in [0.3, 0.4) is 0 Å². The first kappa shape index (κ1) is 22.0. The van der Waals surface area contributed by atoms with Crippen molar-refractivity contribution in [2.45, 2.75) is 20.0 Å². The van der Waals surface area contributed by atoms with Crippen LogP contribution in [-0.2, 0) is 13.1 Å². The third-order valence-electron chi connectivity index (χ3n) is 4.61. The highest BCUT2D eigenvalue weighted by molar-refractivity contribution is 7.12. The van der Waals surface area contributed by atoms with E-state index in [1.807, 2.05) is 18.4 Å². The van der Waals surface area contributed by atoms with Crippen LogP contribution in [0.1, 0.15) is 26.5 Å². The summed E-state index contributed by atoms with van der Waals surface area (Å²) in [5.74, 6) is 0.136. The molecule has 9 nitrogen and oxygen atoms in total. The molecule has 4 aromatic rings. The fraction of sp³-hybridized carbons (Fsp3) is 0.150. The lowest BCUT2D eigenvalue weighted by molar-refractivity contribution is -0.385. The summed E-state index contributed by atoms with van der Waals surface area (Å²) < 4.78 is 3.20. The molecule has 0 bridgehead atoms. The van der Waals surface area contributed by atoms with E-state index in [1.165, 1.54) is 28.4 Å². The number of nitro groups is 1. The number of carbonyl (C=O) groups is 1. The predicted molar refractivity (Wildman–Crippen MR) is 123 cm³/mol. The summed E-state index contributed by atoms with van der Waals surface area (Å²) in [6.45, 7) is 2.66. The summed E-state index contributed by atoms with van der Waals surface area (Å²) in [7, 11) is 0. The van der Waals surface area contributed by atoms with E-state index in [-0.39, 0.29) is 11.6 Å². The van der Waals surface area contributed by atoms with Gasteiger partial charge < -0.3 is 5.32 Å². The Morgan fingerprint density at radius 3 is 2.78 bits per heavy atom. The standard InChI is InChI=1S/C20H16Cl2N6O3S/c1-12-4-19(25-27(12)9-14-2-3-15(21)6-17(14)22)24-20(29)18-5-13(11-32-18)8-26-10-16(7-23-26)28(30)31/h2-7,10-11H,8-9H2,1H3,(H,24,25,29). The van der Waals surface area contributed by atoms with Crippen LogP contribution in [0.5, 0.6) is 0 Å². The molecule has 0 saturated heterocycles. The fourth-order valence-corrected chi connectivity index (χ4v) is 4.29. The quantitative estimate of drug-likeness (QED) is 0.289. The number of benzene rings is 1. The molecule has 1 amide bonds. The molecule has 12 heteroatoms. The zero-order valence-electron chi connectivity index (χ0n) is 16.7. The van der Waals surface area contributed by atoms with Crippen LogP contribution in [0.2, 0.25) is 10.0 Å². The number of hydrogen-bond acceptors (Lipinski definition) is 6. The van der Waals surface area contributed by atoms with Gasteiger partial charge in [-0.1, -0.05) is 29.3 Å². The van der Waals surface area contributed by atoms with E-state index in [1.54, 1.807) is 28.9 Å². The van der Waals surface area contributed by atoms with Gasteiger partial charge in [-0.05, 0) is 41.6 Å². The average Bonchev–Trinajstić information content (AvgIpc) is 3.45. The van der Waals surface area contributed by atoms with Gasteiger partial charge in [0.05, 0.1) is 22.9 Å². The highest BCUT2D eigenvalue weighted by atomic mass is 35.5. The fourth-order valence-electron chi connectivity index (χ4n) is 3.02. The van der Waals surface area contributed by atoms with E-state index in [0.29, 0.717) is 33.8 Å². The van der Waals surface area contributed by atoms with Crippen LogP contribution >= 0.6 is 34.5 Å². The van der Waals surface area contributed by atoms with Gasteiger partial charge in [-0.3, -0.25) is 24.3 Å². The lowest BCUT2D eigenvalue weighted by Crippen LogP contribution is -2.11. The number of nitrogens with zero attached hydrogens (tertiary/aromatic N) is 5. The predicted octanol–water partition coefficient (Wildman–Crippen LogP) is 5.01. The Balaban J connectivity index is 1.42. The second kappa shape index (κ2) is 9.11. The van der Waals surface area contributed by atoms with Crippen LogP contribution < -0.4 is 5.32 Å². The number of nitrogens with one attached hydrogen (secondary N) is 1. The Morgan fingerprint density at radius 1 is 1.25 bits per heavy atom. The molecule has 0 fully saturated rings. The lowest BCUT2D eigenvalue weighted by atomic mass is 10.2. The summed E-state index contributed by atoms with van der Waals surface area (Å²) in [5, 5.41) is 24.9. The summed E-state index contributed by atoms with van der Waals surface area (Å²) in [5.41, 5.74) is 2.46. The van der Waals surface area contributed by atoms with Crippen molar-refractivity contribution in [3.8, 4) is 0 Å². The molecule has 0 atom stereocenters. The summed E-state index contributed by atoms with van der Waals surface area (Å²) in [6.07, 6.45) is 2.54. The van der Waals surface area contributed by atoms with Crippen molar-refractivity contribution in [1.29, 1.82) is 0 Å². The van der Waals surface area contributed by atoms with Crippen LogP contribution in [0.25, 0.3) is 0 Å².